The fourth-order valence-corrected chi connectivity index (χ4v) is 1.07. The van der Waals surface area contributed by atoms with Crippen LogP contribution in [0.2, 0.25) is 0 Å². The molecule has 0 saturated carbocycles. The van der Waals surface area contributed by atoms with Gasteiger partial charge in [-0.3, -0.25) is 11.3 Å². The molecular weight excluding hydrogens is 164 g/mol. The first-order valence-electron chi connectivity index (χ1n) is 4.84. The van der Waals surface area contributed by atoms with E-state index < -0.39 is 0 Å². The van der Waals surface area contributed by atoms with Gasteiger partial charge in [-0.15, -0.1) is 6.58 Å². The van der Waals surface area contributed by atoms with E-state index in [1.54, 1.807) is 0 Å². The van der Waals surface area contributed by atoms with Crippen molar-refractivity contribution in [2.75, 3.05) is 19.6 Å². The second-order valence-electron chi connectivity index (χ2n) is 3.04. The van der Waals surface area contributed by atoms with Gasteiger partial charge in [-0.1, -0.05) is 6.08 Å². The fourth-order valence-electron chi connectivity index (χ4n) is 1.07. The zero-order valence-electron chi connectivity index (χ0n) is 8.26. The molecule has 0 aromatic heterocycles. The van der Waals surface area contributed by atoms with E-state index in [4.69, 9.17) is 11.6 Å². The van der Waals surface area contributed by atoms with Crippen molar-refractivity contribution in [3.05, 3.63) is 12.7 Å². The van der Waals surface area contributed by atoms with E-state index >= 15 is 0 Å². The lowest BCUT2D eigenvalue weighted by atomic mass is 10.1. The van der Waals surface area contributed by atoms with Gasteiger partial charge in [-0.2, -0.15) is 0 Å². The van der Waals surface area contributed by atoms with Crippen molar-refractivity contribution in [2.24, 2.45) is 11.6 Å². The van der Waals surface area contributed by atoms with Gasteiger partial charge in [0, 0.05) is 6.04 Å². The zero-order valence-corrected chi connectivity index (χ0v) is 8.26. The average molecular weight is 186 g/mol. The Morgan fingerprint density at radius 2 is 2.00 bits per heavy atom. The highest BCUT2D eigenvalue weighted by atomic mass is 15.2. The summed E-state index contributed by atoms with van der Waals surface area (Å²) in [5.41, 5.74) is 8.04. The first-order chi connectivity index (χ1) is 6.35. The summed E-state index contributed by atoms with van der Waals surface area (Å²) in [4.78, 5) is 0. The molecule has 0 aliphatic rings. The molecule has 1 atom stereocenters. The number of hydrogen-bond acceptors (Lipinski definition) is 4. The molecule has 0 aromatic carbocycles. The molecule has 13 heavy (non-hydrogen) atoms. The third-order valence-electron chi connectivity index (χ3n) is 1.92. The smallest absolute Gasteiger partial charge is 0.0388 e. The minimum absolute atomic E-state index is 0.233. The lowest BCUT2D eigenvalue weighted by Gasteiger charge is -2.10. The minimum atomic E-state index is 0.233. The molecule has 0 saturated heterocycles. The van der Waals surface area contributed by atoms with Crippen LogP contribution in [0.3, 0.4) is 0 Å². The van der Waals surface area contributed by atoms with Crippen molar-refractivity contribution in [1.82, 2.24) is 10.7 Å². The molecular formula is C9H22N4. The Morgan fingerprint density at radius 3 is 2.54 bits per heavy atom. The minimum Gasteiger partial charge on any atom is -0.330 e. The quantitative estimate of drug-likeness (QED) is 0.173. The predicted molar refractivity (Wildman–Crippen MR) is 57.1 cm³/mol. The van der Waals surface area contributed by atoms with E-state index in [2.05, 4.69) is 17.3 Å². The van der Waals surface area contributed by atoms with Crippen LogP contribution in [0.15, 0.2) is 12.7 Å². The summed E-state index contributed by atoms with van der Waals surface area (Å²) in [6.07, 6.45) is 5.00. The molecule has 78 valence electrons. The Hall–Kier alpha value is -0.420. The van der Waals surface area contributed by atoms with Gasteiger partial charge >= 0.3 is 0 Å². The SMILES string of the molecule is C=CC(CCCNCCCN)NN. The lowest BCUT2D eigenvalue weighted by molar-refractivity contribution is 0.529. The monoisotopic (exact) mass is 186 g/mol. The topological polar surface area (TPSA) is 76.1 Å². The summed E-state index contributed by atoms with van der Waals surface area (Å²) in [5, 5.41) is 3.31. The molecule has 0 bridgehead atoms. The molecule has 0 rings (SSSR count). The van der Waals surface area contributed by atoms with Gasteiger partial charge in [0.25, 0.3) is 0 Å². The number of rotatable bonds is 9. The predicted octanol–water partition coefficient (Wildman–Crippen LogP) is -0.277. The van der Waals surface area contributed by atoms with E-state index in [0.717, 1.165) is 38.9 Å². The number of nitrogens with one attached hydrogen (secondary N) is 2. The molecule has 0 aliphatic heterocycles. The van der Waals surface area contributed by atoms with Crippen molar-refractivity contribution in [3.8, 4) is 0 Å². The van der Waals surface area contributed by atoms with Crippen LogP contribution in [0.25, 0.3) is 0 Å². The van der Waals surface area contributed by atoms with Crippen LogP contribution in [0.4, 0.5) is 0 Å². The lowest BCUT2D eigenvalue weighted by Crippen LogP contribution is -2.34. The van der Waals surface area contributed by atoms with Crippen LogP contribution in [0, 0.1) is 0 Å². The highest BCUT2D eigenvalue weighted by Gasteiger charge is 1.98. The third kappa shape index (κ3) is 7.93. The van der Waals surface area contributed by atoms with Gasteiger partial charge in [0.2, 0.25) is 0 Å². The summed E-state index contributed by atoms with van der Waals surface area (Å²) in [6.45, 7) is 6.46. The van der Waals surface area contributed by atoms with Crippen molar-refractivity contribution in [2.45, 2.75) is 25.3 Å². The normalized spacial score (nSPS) is 12.8. The first-order valence-corrected chi connectivity index (χ1v) is 4.84. The van der Waals surface area contributed by atoms with Crippen LogP contribution in [-0.2, 0) is 0 Å². The number of nitrogens with two attached hydrogens (primary N) is 2. The molecule has 0 aliphatic carbocycles. The van der Waals surface area contributed by atoms with Crippen LogP contribution in [0.1, 0.15) is 19.3 Å². The maximum atomic E-state index is 5.35. The summed E-state index contributed by atoms with van der Waals surface area (Å²) >= 11 is 0. The maximum Gasteiger partial charge on any atom is 0.0388 e. The molecule has 0 amide bonds. The third-order valence-corrected chi connectivity index (χ3v) is 1.92. The second kappa shape index (κ2) is 9.67. The Labute approximate surface area is 80.7 Å². The summed E-state index contributed by atoms with van der Waals surface area (Å²) in [6, 6.07) is 0.233. The molecule has 0 fully saturated rings. The van der Waals surface area contributed by atoms with Crippen molar-refractivity contribution < 1.29 is 0 Å². The molecule has 0 heterocycles. The average Bonchev–Trinajstić information content (AvgIpc) is 2.17. The van der Waals surface area contributed by atoms with Crippen LogP contribution >= 0.6 is 0 Å². The van der Waals surface area contributed by atoms with Crippen molar-refractivity contribution in [1.29, 1.82) is 0 Å². The summed E-state index contributed by atoms with van der Waals surface area (Å²) in [7, 11) is 0. The van der Waals surface area contributed by atoms with Crippen LogP contribution in [0.5, 0.6) is 0 Å². The van der Waals surface area contributed by atoms with Gasteiger partial charge in [-0.25, -0.2) is 0 Å². The Kier molecular flexibility index (Phi) is 9.35. The fraction of sp³-hybridized carbons (Fsp3) is 0.778. The van der Waals surface area contributed by atoms with Crippen molar-refractivity contribution in [3.63, 3.8) is 0 Å². The molecule has 1 unspecified atom stereocenters. The number of hydrogen-bond donors (Lipinski definition) is 4. The molecule has 4 heteroatoms. The van der Waals surface area contributed by atoms with Crippen molar-refractivity contribution >= 4 is 0 Å². The highest BCUT2D eigenvalue weighted by molar-refractivity contribution is 4.83. The van der Waals surface area contributed by atoms with Gasteiger partial charge in [0.05, 0.1) is 0 Å². The van der Waals surface area contributed by atoms with E-state index in [0.29, 0.717) is 0 Å². The molecule has 0 aromatic rings. The largest absolute Gasteiger partial charge is 0.330 e. The maximum absolute atomic E-state index is 5.35. The molecule has 0 radical (unpaired) electrons. The summed E-state index contributed by atoms with van der Waals surface area (Å²) < 4.78 is 0. The van der Waals surface area contributed by atoms with E-state index in [-0.39, 0.29) is 6.04 Å². The molecule has 0 spiro atoms. The van der Waals surface area contributed by atoms with Crippen LogP contribution < -0.4 is 22.3 Å². The van der Waals surface area contributed by atoms with Gasteiger partial charge in [-0.05, 0) is 38.9 Å². The Balaban J connectivity index is 3.10. The first kappa shape index (κ1) is 12.6. The Morgan fingerprint density at radius 1 is 1.31 bits per heavy atom. The summed E-state index contributed by atoms with van der Waals surface area (Å²) in [5.74, 6) is 5.29. The number of hydrazine groups is 1. The van der Waals surface area contributed by atoms with Gasteiger partial charge < -0.3 is 11.1 Å². The van der Waals surface area contributed by atoms with E-state index in [1.807, 2.05) is 6.08 Å². The van der Waals surface area contributed by atoms with E-state index in [1.165, 1.54) is 0 Å². The molecule has 4 nitrogen and oxygen atoms in total. The molecule has 6 N–H and O–H groups in total. The van der Waals surface area contributed by atoms with E-state index in [9.17, 15) is 0 Å². The second-order valence-corrected chi connectivity index (χ2v) is 3.04. The Bertz CT molecular complexity index is 116. The standard InChI is InChI=1S/C9H22N4/c1-2-9(13-11)5-3-7-12-8-4-6-10/h2,9,12-13H,1,3-8,10-11H2. The highest BCUT2D eigenvalue weighted by Crippen LogP contribution is 1.95. The van der Waals surface area contributed by atoms with Crippen LogP contribution in [-0.4, -0.2) is 25.7 Å². The van der Waals surface area contributed by atoms with Gasteiger partial charge in [0.15, 0.2) is 0 Å². The zero-order chi connectivity index (χ0) is 9.94. The van der Waals surface area contributed by atoms with Gasteiger partial charge in [0.1, 0.15) is 0 Å².